The smallest absolute Gasteiger partial charge is 0.744 e. The molecule has 61 heavy (non-hydrogen) atoms. The van der Waals surface area contributed by atoms with Crippen LogP contribution in [0.1, 0.15) is 22.8 Å². The van der Waals surface area contributed by atoms with Crippen molar-refractivity contribution in [2.45, 2.75) is 28.5 Å². The monoisotopic (exact) mass is 957 g/mol. The van der Waals surface area contributed by atoms with Gasteiger partial charge >= 0.3 is 94.6 Å². The molecule has 0 aliphatic rings. The van der Waals surface area contributed by atoms with Crippen molar-refractivity contribution < 1.29 is 147 Å². The number of aromatic hydroxyl groups is 1. The summed E-state index contributed by atoms with van der Waals surface area (Å²) < 4.78 is 114. The minimum Gasteiger partial charge on any atom is -0.744 e. The van der Waals surface area contributed by atoms with Crippen molar-refractivity contribution in [1.29, 1.82) is 0 Å². The van der Waals surface area contributed by atoms with Gasteiger partial charge in [-0.2, -0.15) is 0 Å². The van der Waals surface area contributed by atoms with Crippen LogP contribution in [0.2, 0.25) is 10.0 Å². The minimum atomic E-state index is -5.27. The Morgan fingerprint density at radius 3 is 1.98 bits per heavy atom. The number of carbonyl (C=O) groups is 1. The number of hydrogen-bond donors (Lipinski definition) is 2. The summed E-state index contributed by atoms with van der Waals surface area (Å²) in [6.45, 7) is 4.09. The van der Waals surface area contributed by atoms with Crippen molar-refractivity contribution in [3.05, 3.63) is 118 Å². The van der Waals surface area contributed by atoms with E-state index in [1.54, 1.807) is 30.3 Å². The Kier molecular flexibility index (Phi) is 20.8. The van der Waals surface area contributed by atoms with Gasteiger partial charge in [0.05, 0.1) is 47.4 Å². The van der Waals surface area contributed by atoms with Crippen LogP contribution in [-0.2, 0) is 39.8 Å². The van der Waals surface area contributed by atoms with E-state index in [0.717, 1.165) is 35.9 Å². The van der Waals surface area contributed by atoms with Gasteiger partial charge in [0.25, 0.3) is 0 Å². The van der Waals surface area contributed by atoms with Crippen LogP contribution < -0.4 is 94.0 Å². The van der Waals surface area contributed by atoms with Crippen molar-refractivity contribution in [2.24, 2.45) is 10.2 Å². The average Bonchev–Trinajstić information content (AvgIpc) is 3.16. The van der Waals surface area contributed by atoms with Crippen LogP contribution >= 0.6 is 23.2 Å². The molecule has 0 unspecified atom stereocenters. The molecule has 0 bridgehead atoms. The predicted molar refractivity (Wildman–Crippen MR) is 210 cm³/mol. The number of ether oxygens (including phenoxy) is 2. The SMILES string of the molecule is CCOCOC(=O)c1ccccc1Nc1c(Cl)ccc(C)c1Cl.O=S(=O)([O-])c1ccc2c(/N=N/c3ccc(S(=O)(=O)[O-])c4ccccc34)c(O)c(S(=O)(=O)[O-])cc2c1.[Na+].[Na+].[Na+]. The van der Waals surface area contributed by atoms with E-state index in [2.05, 4.69) is 15.5 Å². The van der Waals surface area contributed by atoms with Gasteiger partial charge < -0.3 is 33.6 Å². The summed E-state index contributed by atoms with van der Waals surface area (Å²) in [7, 11) is -15.0. The zero-order chi connectivity index (χ0) is 42.6. The Balaban J connectivity index is 0.000000433. The van der Waals surface area contributed by atoms with Crippen LogP contribution in [0.25, 0.3) is 21.5 Å². The topological polar surface area (TPSA) is 264 Å². The molecular formula is C37H28Cl2N3Na3O13S3. The second-order valence-corrected chi connectivity index (χ2v) is 16.8. The van der Waals surface area contributed by atoms with Crippen molar-refractivity contribution in [1.82, 2.24) is 0 Å². The summed E-state index contributed by atoms with van der Waals surface area (Å²) >= 11 is 12.5. The molecule has 6 aromatic rings. The fraction of sp³-hybridized carbons (Fsp3) is 0.108. The molecule has 6 rings (SSSR count). The van der Waals surface area contributed by atoms with Gasteiger partial charge in [-0.05, 0) is 73.3 Å². The Bertz CT molecular complexity index is 2960. The number of anilines is 2. The molecule has 0 atom stereocenters. The summed E-state index contributed by atoms with van der Waals surface area (Å²) in [5.74, 6) is -1.56. The van der Waals surface area contributed by atoms with Gasteiger partial charge in [-0.1, -0.05) is 71.7 Å². The van der Waals surface area contributed by atoms with E-state index in [1.807, 2.05) is 19.9 Å². The van der Waals surface area contributed by atoms with E-state index < -0.39 is 62.4 Å². The van der Waals surface area contributed by atoms with Gasteiger partial charge in [-0.25, -0.2) is 30.0 Å². The van der Waals surface area contributed by atoms with E-state index >= 15 is 0 Å². The number of esters is 1. The third-order valence-corrected chi connectivity index (χ3v) is 11.5. The molecule has 0 amide bonds. The second-order valence-electron chi connectivity index (χ2n) is 11.9. The molecule has 0 aliphatic heterocycles. The molecule has 0 heterocycles. The van der Waals surface area contributed by atoms with Crippen LogP contribution in [0.4, 0.5) is 22.7 Å². The molecular weight excluding hydrogens is 930 g/mol. The quantitative estimate of drug-likeness (QED) is 0.0396. The minimum absolute atomic E-state index is 0. The zero-order valence-electron chi connectivity index (χ0n) is 32.9. The standard InChI is InChI=1S/C20H14N2O10S3.C17H17Cl2NO3.3Na/c23-20-18(35(30,31)32)10-11-9-12(33(24,25)26)5-6-13(11)19(20)22-21-16-7-8-17(34(27,28)29)15-4-2-1-3-14(15)16;1-3-22-10-23-17(21)12-6-4-5-7-14(12)20-16-13(18)9-8-11(2)15(16)19;;;/h1-10,23H,(H,24,25,26)(H,27,28,29)(H,30,31,32);4-9,20H,3,10H2,1-2H3;;;/q;;3*+1/p-3/b22-21+;;;;. The maximum atomic E-state index is 12.2. The Labute approximate surface area is 427 Å². The summed E-state index contributed by atoms with van der Waals surface area (Å²) in [6.07, 6.45) is 0. The van der Waals surface area contributed by atoms with Gasteiger partial charge in [0.1, 0.15) is 36.0 Å². The first-order valence-corrected chi connectivity index (χ1v) is 21.4. The molecule has 24 heteroatoms. The number of nitrogens with zero attached hydrogens (tertiary/aromatic N) is 2. The summed E-state index contributed by atoms with van der Waals surface area (Å²) in [4.78, 5) is 9.81. The number of benzene rings is 6. The van der Waals surface area contributed by atoms with Crippen molar-refractivity contribution >= 4 is 104 Å². The van der Waals surface area contributed by atoms with E-state index in [4.69, 9.17) is 32.7 Å². The number of phenols is 1. The first-order valence-electron chi connectivity index (χ1n) is 16.4. The molecule has 0 spiro atoms. The van der Waals surface area contributed by atoms with Crippen LogP contribution in [0.3, 0.4) is 0 Å². The molecule has 6 aromatic carbocycles. The molecule has 0 saturated heterocycles. The maximum absolute atomic E-state index is 12.2. The molecule has 304 valence electrons. The number of nitrogens with one attached hydrogen (secondary N) is 1. The molecule has 0 fully saturated rings. The Morgan fingerprint density at radius 2 is 1.36 bits per heavy atom. The van der Waals surface area contributed by atoms with Crippen LogP contribution in [0.15, 0.2) is 122 Å². The van der Waals surface area contributed by atoms with Gasteiger partial charge in [0, 0.05) is 22.8 Å². The molecule has 0 radical (unpaired) electrons. The summed E-state index contributed by atoms with van der Waals surface area (Å²) in [5.41, 5.74) is 1.86. The van der Waals surface area contributed by atoms with Crippen molar-refractivity contribution in [3.63, 3.8) is 0 Å². The van der Waals surface area contributed by atoms with Gasteiger partial charge in [-0.15, -0.1) is 10.2 Å². The number of halogens is 2. The van der Waals surface area contributed by atoms with E-state index in [1.165, 1.54) is 24.3 Å². The van der Waals surface area contributed by atoms with Crippen LogP contribution in [-0.4, -0.2) is 63.4 Å². The molecule has 0 saturated carbocycles. The average molecular weight is 959 g/mol. The van der Waals surface area contributed by atoms with E-state index in [-0.39, 0.29) is 123 Å². The number of azo groups is 1. The Hall–Kier alpha value is -2.22. The number of hydrogen-bond acceptors (Lipinski definition) is 16. The van der Waals surface area contributed by atoms with Crippen molar-refractivity contribution in [2.75, 3.05) is 18.7 Å². The fourth-order valence-electron chi connectivity index (χ4n) is 5.37. The van der Waals surface area contributed by atoms with E-state index in [0.29, 0.717) is 39.7 Å². The second kappa shape index (κ2) is 23.1. The fourth-order valence-corrected chi connectivity index (χ4v) is 7.63. The first kappa shape index (κ1) is 54.9. The number of rotatable bonds is 11. The number of phenolic OH excluding ortho intramolecular Hbond substituents is 1. The first-order chi connectivity index (χ1) is 27.2. The maximum Gasteiger partial charge on any atom is 1.00 e. The van der Waals surface area contributed by atoms with E-state index in [9.17, 15) is 48.8 Å². The molecule has 0 aliphatic carbocycles. The number of aryl methyl sites for hydroxylation is 1. The van der Waals surface area contributed by atoms with Gasteiger partial charge in [0.15, 0.2) is 12.5 Å². The largest absolute Gasteiger partial charge is 1.00 e. The van der Waals surface area contributed by atoms with Gasteiger partial charge in [0.2, 0.25) is 0 Å². The molecule has 0 aromatic heterocycles. The molecule has 2 N–H and O–H groups in total. The normalized spacial score (nSPS) is 11.5. The number of fused-ring (bicyclic) bond motifs is 2. The summed E-state index contributed by atoms with van der Waals surface area (Å²) in [6, 6.07) is 22.0. The Morgan fingerprint density at radius 1 is 0.738 bits per heavy atom. The predicted octanol–water partition coefficient (Wildman–Crippen LogP) is -0.965. The third kappa shape index (κ3) is 13.6. The third-order valence-electron chi connectivity index (χ3n) is 8.14. The number of carbonyl (C=O) groups excluding carboxylic acids is 1. The summed E-state index contributed by atoms with van der Waals surface area (Å²) in [5, 5.41) is 22.3. The van der Waals surface area contributed by atoms with Crippen LogP contribution in [0.5, 0.6) is 5.75 Å². The van der Waals surface area contributed by atoms with Crippen molar-refractivity contribution in [3.8, 4) is 5.75 Å². The zero-order valence-corrected chi connectivity index (χ0v) is 42.8. The molecule has 16 nitrogen and oxygen atoms in total. The van der Waals surface area contributed by atoms with Crippen LogP contribution in [0, 0.1) is 6.92 Å². The van der Waals surface area contributed by atoms with Gasteiger partial charge in [-0.3, -0.25) is 0 Å². The number of para-hydroxylation sites is 1.